The molecule has 20 heavy (non-hydrogen) atoms. The molecule has 1 heterocycles. The first-order valence-electron chi connectivity index (χ1n) is 7.08. The largest absolute Gasteiger partial charge is 0.491 e. The number of quaternary nitrogens is 1. The maximum absolute atomic E-state index is 10.1. The van der Waals surface area contributed by atoms with Crippen LogP contribution in [0.1, 0.15) is 13.8 Å². The standard InChI is InChI=1S/C15H22ClNO3/c1-11-7-17(8-12(2)20-11)9-14(18)10-19-15-5-3-13(16)4-6-15/h3-6,11-12,14,18H,7-10H2,1-2H3/p+1/t11-,12-,14+/m1/s1. The van der Waals surface area contributed by atoms with E-state index in [0.29, 0.717) is 18.2 Å². The van der Waals surface area contributed by atoms with Gasteiger partial charge in [0.25, 0.3) is 0 Å². The van der Waals surface area contributed by atoms with Gasteiger partial charge in [-0.05, 0) is 38.1 Å². The van der Waals surface area contributed by atoms with Gasteiger partial charge in [-0.25, -0.2) is 0 Å². The summed E-state index contributed by atoms with van der Waals surface area (Å²) in [5, 5.41) is 10.8. The van der Waals surface area contributed by atoms with Gasteiger partial charge in [0.05, 0.1) is 0 Å². The average molecular weight is 301 g/mol. The zero-order valence-corrected chi connectivity index (χ0v) is 12.8. The quantitative estimate of drug-likeness (QED) is 0.844. The van der Waals surface area contributed by atoms with Crippen LogP contribution >= 0.6 is 11.6 Å². The fourth-order valence-corrected chi connectivity index (χ4v) is 2.80. The minimum Gasteiger partial charge on any atom is -0.491 e. The van der Waals surface area contributed by atoms with Gasteiger partial charge >= 0.3 is 0 Å². The first kappa shape index (κ1) is 15.6. The van der Waals surface area contributed by atoms with Crippen molar-refractivity contribution >= 4 is 11.6 Å². The molecule has 1 aromatic rings. The van der Waals surface area contributed by atoms with Crippen LogP contribution in [-0.2, 0) is 4.74 Å². The summed E-state index contributed by atoms with van der Waals surface area (Å²) in [4.78, 5) is 1.36. The van der Waals surface area contributed by atoms with E-state index in [9.17, 15) is 5.11 Å². The predicted molar refractivity (Wildman–Crippen MR) is 78.5 cm³/mol. The van der Waals surface area contributed by atoms with Crippen molar-refractivity contribution in [1.29, 1.82) is 0 Å². The van der Waals surface area contributed by atoms with Crippen LogP contribution in [0.15, 0.2) is 24.3 Å². The number of nitrogens with one attached hydrogen (secondary N) is 1. The molecule has 5 heteroatoms. The summed E-state index contributed by atoms with van der Waals surface area (Å²) in [6, 6.07) is 7.17. The first-order valence-corrected chi connectivity index (χ1v) is 7.46. The molecule has 1 aliphatic heterocycles. The van der Waals surface area contributed by atoms with E-state index in [1.165, 1.54) is 4.90 Å². The van der Waals surface area contributed by atoms with Crippen molar-refractivity contribution < 1.29 is 19.5 Å². The zero-order chi connectivity index (χ0) is 14.5. The van der Waals surface area contributed by atoms with Gasteiger partial charge in [0, 0.05) is 5.02 Å². The van der Waals surface area contributed by atoms with Gasteiger partial charge < -0.3 is 19.5 Å². The van der Waals surface area contributed by atoms with Crippen LogP contribution in [0.25, 0.3) is 0 Å². The average Bonchev–Trinajstić information content (AvgIpc) is 2.37. The minimum absolute atomic E-state index is 0.248. The molecule has 0 amide bonds. The lowest BCUT2D eigenvalue weighted by molar-refractivity contribution is -0.918. The number of benzene rings is 1. The first-order chi connectivity index (χ1) is 9.52. The highest BCUT2D eigenvalue weighted by atomic mass is 35.5. The summed E-state index contributed by atoms with van der Waals surface area (Å²) in [5.74, 6) is 0.729. The van der Waals surface area contributed by atoms with Gasteiger partial charge in [0.2, 0.25) is 0 Å². The Hall–Kier alpha value is -0.810. The normalized spacial score (nSPS) is 28.1. The monoisotopic (exact) mass is 300 g/mol. The second-order valence-electron chi connectivity index (χ2n) is 5.54. The van der Waals surface area contributed by atoms with Crippen LogP contribution in [0.2, 0.25) is 5.02 Å². The summed E-state index contributed by atoms with van der Waals surface area (Å²) in [6.45, 7) is 7.00. The predicted octanol–water partition coefficient (Wildman–Crippen LogP) is 0.772. The molecule has 1 aromatic carbocycles. The highest BCUT2D eigenvalue weighted by molar-refractivity contribution is 6.30. The third-order valence-electron chi connectivity index (χ3n) is 3.40. The number of rotatable bonds is 5. The number of hydrogen-bond donors (Lipinski definition) is 2. The van der Waals surface area contributed by atoms with E-state index in [-0.39, 0.29) is 12.2 Å². The van der Waals surface area contributed by atoms with Crippen LogP contribution in [0, 0.1) is 0 Å². The lowest BCUT2D eigenvalue weighted by Gasteiger charge is -2.33. The van der Waals surface area contributed by atoms with Crippen LogP contribution in [0.3, 0.4) is 0 Å². The Morgan fingerprint density at radius 2 is 1.90 bits per heavy atom. The third kappa shape index (κ3) is 4.94. The number of morpholine rings is 1. The van der Waals surface area contributed by atoms with Gasteiger partial charge in [-0.15, -0.1) is 0 Å². The smallest absolute Gasteiger partial charge is 0.137 e. The van der Waals surface area contributed by atoms with Gasteiger partial charge in [0.1, 0.15) is 50.3 Å². The number of aliphatic hydroxyl groups excluding tert-OH is 1. The highest BCUT2D eigenvalue weighted by Gasteiger charge is 2.27. The van der Waals surface area contributed by atoms with E-state index in [1.54, 1.807) is 24.3 Å². The van der Waals surface area contributed by atoms with E-state index >= 15 is 0 Å². The summed E-state index contributed by atoms with van der Waals surface area (Å²) in [7, 11) is 0. The summed E-state index contributed by atoms with van der Waals surface area (Å²) in [5.41, 5.74) is 0. The number of aliphatic hydroxyl groups is 1. The van der Waals surface area contributed by atoms with Crippen LogP contribution in [0.4, 0.5) is 0 Å². The van der Waals surface area contributed by atoms with Crippen molar-refractivity contribution in [3.8, 4) is 5.75 Å². The van der Waals surface area contributed by atoms with Gasteiger partial charge in [-0.2, -0.15) is 0 Å². The topological polar surface area (TPSA) is 43.1 Å². The molecule has 1 fully saturated rings. The van der Waals surface area contributed by atoms with Crippen molar-refractivity contribution in [2.75, 3.05) is 26.2 Å². The second kappa shape index (κ2) is 7.27. The lowest BCUT2D eigenvalue weighted by Crippen LogP contribution is -3.16. The van der Waals surface area contributed by atoms with E-state index in [1.807, 2.05) is 0 Å². The zero-order valence-electron chi connectivity index (χ0n) is 12.0. The molecule has 2 rings (SSSR count). The van der Waals surface area contributed by atoms with Crippen molar-refractivity contribution in [2.24, 2.45) is 0 Å². The summed E-state index contributed by atoms with van der Waals surface area (Å²) >= 11 is 5.81. The van der Waals surface area contributed by atoms with Crippen molar-refractivity contribution in [3.63, 3.8) is 0 Å². The number of ether oxygens (including phenoxy) is 2. The lowest BCUT2D eigenvalue weighted by atomic mass is 10.2. The van der Waals surface area contributed by atoms with Crippen LogP contribution < -0.4 is 9.64 Å². The maximum atomic E-state index is 10.1. The molecule has 1 saturated heterocycles. The fraction of sp³-hybridized carbons (Fsp3) is 0.600. The maximum Gasteiger partial charge on any atom is 0.137 e. The molecule has 0 saturated carbocycles. The van der Waals surface area contributed by atoms with Crippen LogP contribution in [-0.4, -0.2) is 49.7 Å². The molecule has 0 bridgehead atoms. The second-order valence-corrected chi connectivity index (χ2v) is 5.97. The Balaban J connectivity index is 1.74. The Morgan fingerprint density at radius 1 is 1.30 bits per heavy atom. The molecular formula is C15H23ClNO3+. The Kier molecular flexibility index (Phi) is 5.66. The summed E-state index contributed by atoms with van der Waals surface area (Å²) < 4.78 is 11.3. The molecule has 0 aromatic heterocycles. The van der Waals surface area contributed by atoms with Crippen molar-refractivity contribution in [1.82, 2.24) is 0 Å². The molecule has 4 nitrogen and oxygen atoms in total. The molecule has 0 radical (unpaired) electrons. The Bertz CT molecular complexity index is 402. The van der Waals surface area contributed by atoms with Crippen LogP contribution in [0.5, 0.6) is 5.75 Å². The van der Waals surface area contributed by atoms with Gasteiger partial charge in [-0.1, -0.05) is 11.6 Å². The fourth-order valence-electron chi connectivity index (χ4n) is 2.67. The van der Waals surface area contributed by atoms with Crippen molar-refractivity contribution in [2.45, 2.75) is 32.2 Å². The molecule has 0 unspecified atom stereocenters. The molecule has 0 aliphatic carbocycles. The number of hydrogen-bond acceptors (Lipinski definition) is 3. The third-order valence-corrected chi connectivity index (χ3v) is 3.65. The summed E-state index contributed by atoms with van der Waals surface area (Å²) in [6.07, 6.45) is 0.0226. The van der Waals surface area contributed by atoms with E-state index in [4.69, 9.17) is 21.1 Å². The molecule has 112 valence electrons. The van der Waals surface area contributed by atoms with E-state index in [0.717, 1.165) is 18.8 Å². The molecule has 2 N–H and O–H groups in total. The van der Waals surface area contributed by atoms with Gasteiger partial charge in [-0.3, -0.25) is 0 Å². The molecule has 0 spiro atoms. The van der Waals surface area contributed by atoms with Gasteiger partial charge in [0.15, 0.2) is 0 Å². The molecule has 3 atom stereocenters. The Morgan fingerprint density at radius 3 is 2.50 bits per heavy atom. The van der Waals surface area contributed by atoms with Crippen molar-refractivity contribution in [3.05, 3.63) is 29.3 Å². The highest BCUT2D eigenvalue weighted by Crippen LogP contribution is 2.15. The minimum atomic E-state index is -0.474. The Labute approximate surface area is 125 Å². The van der Waals surface area contributed by atoms with E-state index < -0.39 is 6.10 Å². The SMILES string of the molecule is C[C@@H]1C[NH+](C[C@H](O)COc2ccc(Cl)cc2)C[C@@H](C)O1. The van der Waals surface area contributed by atoms with E-state index in [2.05, 4.69) is 13.8 Å². The number of halogens is 1. The molecular weight excluding hydrogens is 278 g/mol. The molecule has 1 aliphatic rings.